The van der Waals surface area contributed by atoms with Gasteiger partial charge in [0.15, 0.2) is 0 Å². The third-order valence-electron chi connectivity index (χ3n) is 4.66. The Morgan fingerprint density at radius 2 is 1.84 bits per heavy atom. The molecule has 0 spiro atoms. The number of benzene rings is 1. The number of likely N-dealkylation sites (tertiary alicyclic amines) is 1. The molecule has 0 bridgehead atoms. The molecule has 0 N–H and O–H groups in total. The van der Waals surface area contributed by atoms with Crippen molar-refractivity contribution in [1.82, 2.24) is 4.90 Å². The fourth-order valence-corrected chi connectivity index (χ4v) is 3.19. The lowest BCUT2D eigenvalue weighted by molar-refractivity contribution is -0.149. The number of esters is 1. The predicted octanol–water partition coefficient (Wildman–Crippen LogP) is 3.41. The van der Waals surface area contributed by atoms with Crippen molar-refractivity contribution in [2.45, 2.75) is 46.0 Å². The molecule has 1 aromatic carbocycles. The largest absolute Gasteiger partial charge is 0.496 e. The SMILES string of the molecule is CCOC(=O)C1CCN(C(=O)c2ccc(OC)c(C(C)(C)C)c2)CC1. The fraction of sp³-hybridized carbons (Fsp3) is 0.600. The van der Waals surface area contributed by atoms with Crippen LogP contribution >= 0.6 is 0 Å². The van der Waals surface area contributed by atoms with Gasteiger partial charge in [0.05, 0.1) is 19.6 Å². The monoisotopic (exact) mass is 347 g/mol. The van der Waals surface area contributed by atoms with E-state index in [1.54, 1.807) is 7.11 Å². The van der Waals surface area contributed by atoms with Crippen LogP contribution in [-0.4, -0.2) is 43.6 Å². The first-order chi connectivity index (χ1) is 11.8. The van der Waals surface area contributed by atoms with Gasteiger partial charge in [-0.25, -0.2) is 0 Å². The molecule has 1 fully saturated rings. The van der Waals surface area contributed by atoms with E-state index in [0.29, 0.717) is 38.1 Å². The maximum atomic E-state index is 12.8. The smallest absolute Gasteiger partial charge is 0.309 e. The standard InChI is InChI=1S/C20H29NO4/c1-6-25-19(23)14-9-11-21(12-10-14)18(22)15-7-8-17(24-5)16(13-15)20(2,3)4/h7-8,13-14H,6,9-12H2,1-5H3. The number of carbonyl (C=O) groups is 2. The highest BCUT2D eigenvalue weighted by Gasteiger charge is 2.29. The highest BCUT2D eigenvalue weighted by atomic mass is 16.5. The molecule has 0 aromatic heterocycles. The maximum Gasteiger partial charge on any atom is 0.309 e. The van der Waals surface area contributed by atoms with Crippen LogP contribution in [0.3, 0.4) is 0 Å². The summed E-state index contributed by atoms with van der Waals surface area (Å²) in [5.74, 6) is 0.569. The maximum absolute atomic E-state index is 12.8. The number of piperidine rings is 1. The van der Waals surface area contributed by atoms with Crippen molar-refractivity contribution in [2.75, 3.05) is 26.8 Å². The minimum Gasteiger partial charge on any atom is -0.496 e. The molecule has 0 saturated carbocycles. The number of methoxy groups -OCH3 is 1. The average molecular weight is 347 g/mol. The van der Waals surface area contributed by atoms with Crippen molar-refractivity contribution in [3.8, 4) is 5.75 Å². The average Bonchev–Trinajstić information content (AvgIpc) is 2.60. The van der Waals surface area contributed by atoms with Crippen LogP contribution in [0.2, 0.25) is 0 Å². The van der Waals surface area contributed by atoms with Gasteiger partial charge in [-0.2, -0.15) is 0 Å². The number of hydrogen-bond acceptors (Lipinski definition) is 4. The molecule has 0 unspecified atom stereocenters. The predicted molar refractivity (Wildman–Crippen MR) is 97.0 cm³/mol. The molecular weight excluding hydrogens is 318 g/mol. The Morgan fingerprint density at radius 1 is 1.20 bits per heavy atom. The highest BCUT2D eigenvalue weighted by molar-refractivity contribution is 5.95. The van der Waals surface area contributed by atoms with Gasteiger partial charge < -0.3 is 14.4 Å². The number of carbonyl (C=O) groups excluding carboxylic acids is 2. The van der Waals surface area contributed by atoms with Crippen LogP contribution in [0.15, 0.2) is 18.2 Å². The van der Waals surface area contributed by atoms with Gasteiger partial charge in [-0.1, -0.05) is 20.8 Å². The summed E-state index contributed by atoms with van der Waals surface area (Å²) in [6.07, 6.45) is 1.32. The molecular formula is C20H29NO4. The molecule has 0 atom stereocenters. The zero-order chi connectivity index (χ0) is 18.6. The van der Waals surface area contributed by atoms with Gasteiger partial charge >= 0.3 is 5.97 Å². The van der Waals surface area contributed by atoms with Crippen LogP contribution in [0, 0.1) is 5.92 Å². The second-order valence-electron chi connectivity index (χ2n) is 7.48. The van der Waals surface area contributed by atoms with E-state index >= 15 is 0 Å². The molecule has 1 amide bonds. The van der Waals surface area contributed by atoms with Crippen molar-refractivity contribution < 1.29 is 19.1 Å². The lowest BCUT2D eigenvalue weighted by Gasteiger charge is -2.31. The van der Waals surface area contributed by atoms with E-state index < -0.39 is 0 Å². The number of hydrogen-bond donors (Lipinski definition) is 0. The molecule has 5 nitrogen and oxygen atoms in total. The topological polar surface area (TPSA) is 55.8 Å². The summed E-state index contributed by atoms with van der Waals surface area (Å²) in [7, 11) is 1.65. The van der Waals surface area contributed by atoms with Gasteiger partial charge in [0.1, 0.15) is 5.75 Å². The zero-order valence-corrected chi connectivity index (χ0v) is 15.9. The van der Waals surface area contributed by atoms with Crippen LogP contribution in [0.5, 0.6) is 5.75 Å². The van der Waals surface area contributed by atoms with E-state index in [9.17, 15) is 9.59 Å². The van der Waals surface area contributed by atoms with E-state index in [1.165, 1.54) is 0 Å². The third kappa shape index (κ3) is 4.53. The molecule has 1 saturated heterocycles. The Morgan fingerprint density at radius 3 is 2.36 bits per heavy atom. The van der Waals surface area contributed by atoms with E-state index in [0.717, 1.165) is 11.3 Å². The van der Waals surface area contributed by atoms with Gasteiger partial charge in [-0.05, 0) is 43.4 Å². The lowest BCUT2D eigenvalue weighted by atomic mass is 9.85. The first-order valence-electron chi connectivity index (χ1n) is 8.92. The van der Waals surface area contributed by atoms with Crippen LogP contribution < -0.4 is 4.74 Å². The van der Waals surface area contributed by atoms with Gasteiger partial charge in [-0.15, -0.1) is 0 Å². The van der Waals surface area contributed by atoms with Gasteiger partial charge in [0.25, 0.3) is 5.91 Å². The molecule has 138 valence electrons. The minimum atomic E-state index is -0.144. The molecule has 1 heterocycles. The van der Waals surface area contributed by atoms with E-state index in [1.807, 2.05) is 30.0 Å². The van der Waals surface area contributed by atoms with Crippen LogP contribution in [0.4, 0.5) is 0 Å². The van der Waals surface area contributed by atoms with Crippen molar-refractivity contribution in [2.24, 2.45) is 5.92 Å². The van der Waals surface area contributed by atoms with Crippen LogP contribution in [-0.2, 0) is 14.9 Å². The Balaban J connectivity index is 2.10. The Hall–Kier alpha value is -2.04. The van der Waals surface area contributed by atoms with E-state index in [2.05, 4.69) is 20.8 Å². The molecule has 5 heteroatoms. The second kappa shape index (κ2) is 7.89. The van der Waals surface area contributed by atoms with Gasteiger partial charge in [0, 0.05) is 24.2 Å². The summed E-state index contributed by atoms with van der Waals surface area (Å²) >= 11 is 0. The number of amides is 1. The first kappa shape index (κ1) is 19.3. The molecule has 1 aromatic rings. The lowest BCUT2D eigenvalue weighted by Crippen LogP contribution is -2.40. The number of ether oxygens (including phenoxy) is 2. The summed E-state index contributed by atoms with van der Waals surface area (Å²) in [6, 6.07) is 5.60. The molecule has 1 aliphatic heterocycles. The Labute approximate surface area is 150 Å². The summed E-state index contributed by atoms with van der Waals surface area (Å²) in [6.45, 7) is 9.68. The number of nitrogens with zero attached hydrogens (tertiary/aromatic N) is 1. The van der Waals surface area contributed by atoms with E-state index in [-0.39, 0.29) is 23.2 Å². The molecule has 25 heavy (non-hydrogen) atoms. The first-order valence-corrected chi connectivity index (χ1v) is 8.92. The second-order valence-corrected chi connectivity index (χ2v) is 7.48. The van der Waals surface area contributed by atoms with Gasteiger partial charge in [-0.3, -0.25) is 9.59 Å². The van der Waals surface area contributed by atoms with Crippen molar-refractivity contribution in [3.63, 3.8) is 0 Å². The fourth-order valence-electron chi connectivity index (χ4n) is 3.19. The zero-order valence-electron chi connectivity index (χ0n) is 15.9. The Kier molecular flexibility index (Phi) is 6.09. The normalized spacial score (nSPS) is 15.8. The third-order valence-corrected chi connectivity index (χ3v) is 4.66. The molecule has 0 aliphatic carbocycles. The van der Waals surface area contributed by atoms with E-state index in [4.69, 9.17) is 9.47 Å². The van der Waals surface area contributed by atoms with Crippen molar-refractivity contribution in [1.29, 1.82) is 0 Å². The van der Waals surface area contributed by atoms with Gasteiger partial charge in [0.2, 0.25) is 0 Å². The molecule has 0 radical (unpaired) electrons. The minimum absolute atomic E-state index is 0.00969. The van der Waals surface area contributed by atoms with Crippen LogP contribution in [0.1, 0.15) is 56.5 Å². The molecule has 2 rings (SSSR count). The van der Waals surface area contributed by atoms with Crippen LogP contribution in [0.25, 0.3) is 0 Å². The number of rotatable bonds is 4. The summed E-state index contributed by atoms with van der Waals surface area (Å²) < 4.78 is 10.5. The quantitative estimate of drug-likeness (QED) is 0.783. The summed E-state index contributed by atoms with van der Waals surface area (Å²) in [4.78, 5) is 26.5. The van der Waals surface area contributed by atoms with Crippen molar-refractivity contribution >= 4 is 11.9 Å². The van der Waals surface area contributed by atoms with Crippen molar-refractivity contribution in [3.05, 3.63) is 29.3 Å². The summed E-state index contributed by atoms with van der Waals surface area (Å²) in [5, 5.41) is 0. The molecule has 1 aliphatic rings. The Bertz CT molecular complexity index is 625. The summed E-state index contributed by atoms with van der Waals surface area (Å²) in [5.41, 5.74) is 1.57. The highest BCUT2D eigenvalue weighted by Crippen LogP contribution is 2.32.